The van der Waals surface area contributed by atoms with Crippen LogP contribution in [0.25, 0.3) is 11.1 Å². The summed E-state index contributed by atoms with van der Waals surface area (Å²) >= 11 is 0. The third kappa shape index (κ3) is 5.33. The highest BCUT2D eigenvalue weighted by atomic mass is 16.5. The first kappa shape index (κ1) is 24.0. The summed E-state index contributed by atoms with van der Waals surface area (Å²) < 4.78 is 15.2. The lowest BCUT2D eigenvalue weighted by Crippen LogP contribution is -2.32. The second-order valence-electron chi connectivity index (χ2n) is 7.96. The summed E-state index contributed by atoms with van der Waals surface area (Å²) in [5.74, 6) is -1.68. The van der Waals surface area contributed by atoms with Gasteiger partial charge in [-0.3, -0.25) is 4.79 Å². The summed E-state index contributed by atoms with van der Waals surface area (Å²) in [7, 11) is 1.29. The molecule has 1 aromatic heterocycles. The van der Waals surface area contributed by atoms with Gasteiger partial charge >= 0.3 is 12.1 Å². The minimum atomic E-state index is -1.11. The number of nitrogens with zero attached hydrogens (tertiary/aromatic N) is 1. The van der Waals surface area contributed by atoms with Crippen LogP contribution in [0.15, 0.2) is 59.3 Å². The van der Waals surface area contributed by atoms with E-state index in [2.05, 4.69) is 27.9 Å². The second-order valence-corrected chi connectivity index (χ2v) is 7.96. The number of rotatable bonds is 10. The number of carbonyl (C=O) groups is 3. The van der Waals surface area contributed by atoms with E-state index in [9.17, 15) is 14.4 Å². The molecular weight excluding hydrogens is 454 g/mol. The fourth-order valence-electron chi connectivity index (χ4n) is 4.13. The Kier molecular flexibility index (Phi) is 7.41. The number of methoxy groups -OCH3 is 1. The van der Waals surface area contributed by atoms with E-state index in [0.717, 1.165) is 28.5 Å². The van der Waals surface area contributed by atoms with Crippen LogP contribution in [0.4, 0.5) is 4.79 Å². The molecule has 1 aliphatic rings. The first-order valence-electron chi connectivity index (χ1n) is 11.1. The normalized spacial score (nSPS) is 12.9. The number of carboxylic acids is 1. The van der Waals surface area contributed by atoms with Crippen LogP contribution in [-0.4, -0.2) is 54.6 Å². The Balaban J connectivity index is 1.29. The monoisotopic (exact) mass is 479 g/mol. The van der Waals surface area contributed by atoms with E-state index in [1.54, 1.807) is 0 Å². The Morgan fingerprint density at radius 3 is 2.34 bits per heavy atom. The Labute approximate surface area is 201 Å². The summed E-state index contributed by atoms with van der Waals surface area (Å²) in [6.07, 6.45) is -0.413. The van der Waals surface area contributed by atoms with Crippen molar-refractivity contribution in [3.05, 3.63) is 77.2 Å². The zero-order valence-electron chi connectivity index (χ0n) is 19.0. The van der Waals surface area contributed by atoms with Crippen molar-refractivity contribution in [2.75, 3.05) is 20.3 Å². The molecule has 2 aromatic carbocycles. The smallest absolute Gasteiger partial charge is 0.407 e. The van der Waals surface area contributed by atoms with Gasteiger partial charge < -0.3 is 29.7 Å². The molecule has 35 heavy (non-hydrogen) atoms. The average Bonchev–Trinajstić information content (AvgIpc) is 3.46. The van der Waals surface area contributed by atoms with Gasteiger partial charge in [0, 0.05) is 26.0 Å². The molecule has 0 fully saturated rings. The quantitative estimate of drug-likeness (QED) is 0.403. The first-order valence-corrected chi connectivity index (χ1v) is 11.1. The summed E-state index contributed by atoms with van der Waals surface area (Å²) in [5, 5.41) is 17.9. The van der Waals surface area contributed by atoms with Gasteiger partial charge in [-0.2, -0.15) is 0 Å². The van der Waals surface area contributed by atoms with Crippen LogP contribution in [0.3, 0.4) is 0 Å². The molecule has 1 aliphatic carbocycles. The maximum absolute atomic E-state index is 12.4. The topological polar surface area (TPSA) is 140 Å². The van der Waals surface area contributed by atoms with Gasteiger partial charge in [0.1, 0.15) is 24.1 Å². The molecule has 10 heteroatoms. The van der Waals surface area contributed by atoms with Gasteiger partial charge in [-0.25, -0.2) is 9.59 Å². The number of nitrogens with one attached hydrogen (secondary N) is 2. The molecule has 0 bridgehead atoms. The van der Waals surface area contributed by atoms with Crippen molar-refractivity contribution < 1.29 is 33.5 Å². The lowest BCUT2D eigenvalue weighted by Gasteiger charge is -2.14. The molecule has 182 valence electrons. The maximum Gasteiger partial charge on any atom is 0.407 e. The number of hydrogen-bond donors (Lipinski definition) is 3. The molecule has 0 radical (unpaired) electrons. The molecule has 3 N–H and O–H groups in total. The number of aliphatic carboxylic acids is 1. The van der Waals surface area contributed by atoms with Crippen LogP contribution in [0.2, 0.25) is 0 Å². The molecule has 1 heterocycles. The van der Waals surface area contributed by atoms with Crippen molar-refractivity contribution in [3.8, 4) is 11.1 Å². The molecule has 3 aromatic rings. The molecule has 0 saturated carbocycles. The Bertz CT molecular complexity index is 1180. The van der Waals surface area contributed by atoms with Gasteiger partial charge in [0.15, 0.2) is 6.10 Å². The van der Waals surface area contributed by atoms with Crippen LogP contribution in [-0.2, 0) is 20.8 Å². The van der Waals surface area contributed by atoms with Crippen LogP contribution in [0.1, 0.15) is 39.5 Å². The van der Waals surface area contributed by atoms with Crippen LogP contribution in [0.5, 0.6) is 0 Å². The van der Waals surface area contributed by atoms with Crippen molar-refractivity contribution in [3.63, 3.8) is 0 Å². The van der Waals surface area contributed by atoms with Gasteiger partial charge in [0.05, 0.1) is 6.54 Å². The van der Waals surface area contributed by atoms with Crippen LogP contribution in [0, 0.1) is 0 Å². The number of carboxylic acid groups (broad SMARTS) is 1. The SMILES string of the molecule is COC(CCNC(=O)c1conc1CNC(=O)OCC1c2ccccc2-c2ccccc21)C(=O)O. The molecule has 4 rings (SSSR count). The number of benzene rings is 2. The molecule has 10 nitrogen and oxygen atoms in total. The molecule has 0 aliphatic heterocycles. The number of alkyl carbamates (subject to hydrolysis) is 1. The number of hydrogen-bond acceptors (Lipinski definition) is 7. The number of ether oxygens (including phenoxy) is 2. The van der Waals surface area contributed by atoms with Crippen LogP contribution >= 0.6 is 0 Å². The lowest BCUT2D eigenvalue weighted by atomic mass is 9.98. The largest absolute Gasteiger partial charge is 0.479 e. The lowest BCUT2D eigenvalue weighted by molar-refractivity contribution is -0.148. The first-order chi connectivity index (χ1) is 17.0. The highest BCUT2D eigenvalue weighted by molar-refractivity contribution is 5.95. The van der Waals surface area contributed by atoms with E-state index in [4.69, 9.17) is 19.1 Å². The molecule has 0 spiro atoms. The summed E-state index contributed by atoms with van der Waals surface area (Å²) in [6.45, 7) is 0.163. The highest BCUT2D eigenvalue weighted by Gasteiger charge is 2.29. The van der Waals surface area contributed by atoms with E-state index >= 15 is 0 Å². The minimum absolute atomic E-state index is 0.0664. The molecule has 0 saturated heterocycles. The number of fused-ring (bicyclic) bond motifs is 3. The highest BCUT2D eigenvalue weighted by Crippen LogP contribution is 2.44. The Hall–Kier alpha value is -4.18. The Morgan fingerprint density at radius 2 is 1.71 bits per heavy atom. The molecule has 1 atom stereocenters. The number of amides is 2. The zero-order valence-corrected chi connectivity index (χ0v) is 19.0. The standard InChI is InChI=1S/C25H25N3O7/c1-33-22(24(30)31)10-11-26-23(29)20-14-35-28-21(20)12-27-25(32)34-13-19-17-8-4-2-6-15(17)16-7-3-5-9-18(16)19/h2-9,14,19,22H,10-13H2,1H3,(H,26,29)(H,27,32)(H,30,31). The van der Waals surface area contributed by atoms with E-state index in [0.29, 0.717) is 0 Å². The second kappa shape index (κ2) is 10.8. The van der Waals surface area contributed by atoms with Gasteiger partial charge in [0.25, 0.3) is 5.91 Å². The minimum Gasteiger partial charge on any atom is -0.479 e. The van der Waals surface area contributed by atoms with E-state index in [1.165, 1.54) is 7.11 Å². The summed E-state index contributed by atoms with van der Waals surface area (Å²) in [5.41, 5.74) is 4.84. The predicted molar refractivity (Wildman–Crippen MR) is 124 cm³/mol. The average molecular weight is 479 g/mol. The maximum atomic E-state index is 12.4. The predicted octanol–water partition coefficient (Wildman–Crippen LogP) is 2.93. The van der Waals surface area contributed by atoms with Crippen molar-refractivity contribution in [2.45, 2.75) is 25.0 Å². The van der Waals surface area contributed by atoms with Gasteiger partial charge in [-0.15, -0.1) is 0 Å². The zero-order chi connectivity index (χ0) is 24.8. The van der Waals surface area contributed by atoms with Crippen molar-refractivity contribution in [1.82, 2.24) is 15.8 Å². The van der Waals surface area contributed by atoms with Crippen LogP contribution < -0.4 is 10.6 Å². The third-order valence-electron chi connectivity index (χ3n) is 5.88. The Morgan fingerprint density at radius 1 is 1.06 bits per heavy atom. The van der Waals surface area contributed by atoms with Gasteiger partial charge in [-0.1, -0.05) is 53.7 Å². The fourth-order valence-corrected chi connectivity index (χ4v) is 4.13. The summed E-state index contributed by atoms with van der Waals surface area (Å²) in [4.78, 5) is 35.8. The summed E-state index contributed by atoms with van der Waals surface area (Å²) in [6, 6.07) is 16.1. The van der Waals surface area contributed by atoms with Gasteiger partial charge in [0.2, 0.25) is 0 Å². The van der Waals surface area contributed by atoms with Crippen molar-refractivity contribution in [2.24, 2.45) is 0 Å². The molecule has 1 unspecified atom stereocenters. The molecule has 2 amide bonds. The van der Waals surface area contributed by atoms with Gasteiger partial charge in [-0.05, 0) is 22.3 Å². The van der Waals surface area contributed by atoms with Crippen molar-refractivity contribution in [1.29, 1.82) is 0 Å². The van der Waals surface area contributed by atoms with E-state index in [1.807, 2.05) is 36.4 Å². The number of aromatic nitrogens is 1. The number of carbonyl (C=O) groups excluding carboxylic acids is 2. The third-order valence-corrected chi connectivity index (χ3v) is 5.88. The van der Waals surface area contributed by atoms with E-state index < -0.39 is 24.1 Å². The molecular formula is C25H25N3O7. The van der Waals surface area contributed by atoms with E-state index in [-0.39, 0.29) is 43.3 Å². The van der Waals surface area contributed by atoms with Crippen molar-refractivity contribution >= 4 is 18.0 Å². The fraction of sp³-hybridized carbons (Fsp3) is 0.280.